The Balaban J connectivity index is 1.34. The fraction of sp³-hybridized carbons (Fsp3) is 0.389. The zero-order valence-corrected chi connectivity index (χ0v) is 27.2. The van der Waals surface area contributed by atoms with Crippen molar-refractivity contribution < 1.29 is 14.3 Å². The number of hydrogen-bond donors (Lipinski definition) is 0. The Morgan fingerprint density at radius 1 is 1.02 bits per heavy atom. The molecule has 1 fully saturated rings. The Morgan fingerprint density at radius 3 is 2.63 bits per heavy atom. The summed E-state index contributed by atoms with van der Waals surface area (Å²) in [5.74, 6) is -0.0916. The van der Waals surface area contributed by atoms with Crippen molar-refractivity contribution in [1.82, 2.24) is 29.2 Å². The van der Waals surface area contributed by atoms with E-state index >= 15 is 0 Å². The third-order valence-electron chi connectivity index (χ3n) is 8.81. The van der Waals surface area contributed by atoms with Crippen LogP contribution in [0, 0.1) is 0 Å². The average molecular weight is 641 g/mol. The molecule has 6 rings (SSSR count). The van der Waals surface area contributed by atoms with Crippen LogP contribution in [-0.2, 0) is 35.5 Å². The third kappa shape index (κ3) is 7.26. The van der Waals surface area contributed by atoms with Gasteiger partial charge in [0.2, 0.25) is 5.91 Å². The van der Waals surface area contributed by atoms with Gasteiger partial charge < -0.3 is 14.2 Å². The quantitative estimate of drug-likeness (QED) is 0.231. The molecule has 0 bridgehead atoms. The fourth-order valence-corrected chi connectivity index (χ4v) is 6.83. The molecule has 0 N–H and O–H groups in total. The number of aromatic nitrogens is 3. The Morgan fingerprint density at radius 2 is 1.85 bits per heavy atom. The molecule has 2 aliphatic rings. The zero-order valence-electron chi connectivity index (χ0n) is 26.5. The number of benzene rings is 2. The van der Waals surface area contributed by atoms with E-state index in [2.05, 4.69) is 28.1 Å². The van der Waals surface area contributed by atoms with Gasteiger partial charge in [-0.25, -0.2) is 9.78 Å². The summed E-state index contributed by atoms with van der Waals surface area (Å²) in [6.07, 6.45) is 9.01. The molecule has 1 aliphatic carbocycles. The first kappa shape index (κ1) is 31.8. The van der Waals surface area contributed by atoms with E-state index in [1.807, 2.05) is 78.2 Å². The molecular weight excluding hydrogens is 600 g/mol. The first-order chi connectivity index (χ1) is 22.4. The molecule has 2 atom stereocenters. The SMILES string of the molecule is CC(C)OC(=O)N1CCN([C@H]2c3ccc(Cl)cc3CCc3cccnc32)C[C@@H]1C(=O)N(CCCn1ccnc1)Cc1ccccc1. The Kier molecular flexibility index (Phi) is 10.00. The number of carbonyl (C=O) groups excluding carboxylic acids is 2. The second-order valence-corrected chi connectivity index (χ2v) is 12.8. The number of carbonyl (C=O) groups is 2. The van der Waals surface area contributed by atoms with Gasteiger partial charge in [0.15, 0.2) is 0 Å². The first-order valence-corrected chi connectivity index (χ1v) is 16.5. The number of nitrogens with zero attached hydrogens (tertiary/aromatic N) is 6. The first-order valence-electron chi connectivity index (χ1n) is 16.1. The lowest BCUT2D eigenvalue weighted by molar-refractivity contribution is -0.140. The molecule has 0 unspecified atom stereocenters. The van der Waals surface area contributed by atoms with Crippen molar-refractivity contribution in [1.29, 1.82) is 0 Å². The number of rotatable bonds is 9. The zero-order chi connectivity index (χ0) is 32.0. The number of amides is 2. The number of halogens is 1. The standard InChI is InChI=1S/C36H41ClN6O3/c1-26(2)46-36(45)43-21-20-41(34-31-14-13-30(37)22-29(31)12-11-28-10-6-15-39-33(28)34)24-32(43)35(44)42(23-27-8-4-3-5-9-27)18-7-17-40-19-16-38-25-40/h3-6,8-10,13-16,19,22,25-26,32,34H,7,11-12,17-18,20-21,23-24H2,1-2H3/t32-,34+/m1/s1. The van der Waals surface area contributed by atoms with Gasteiger partial charge in [0.05, 0.1) is 24.2 Å². The Labute approximate surface area is 275 Å². The highest BCUT2D eigenvalue weighted by atomic mass is 35.5. The predicted octanol–water partition coefficient (Wildman–Crippen LogP) is 5.77. The molecule has 240 valence electrons. The molecule has 1 aliphatic heterocycles. The van der Waals surface area contributed by atoms with Gasteiger partial charge >= 0.3 is 6.09 Å². The molecule has 10 heteroatoms. The van der Waals surface area contributed by atoms with Crippen LogP contribution in [0.5, 0.6) is 0 Å². The third-order valence-corrected chi connectivity index (χ3v) is 9.05. The van der Waals surface area contributed by atoms with Crippen molar-refractivity contribution >= 4 is 23.6 Å². The van der Waals surface area contributed by atoms with Crippen LogP contribution in [0.3, 0.4) is 0 Å². The maximum atomic E-state index is 14.7. The van der Waals surface area contributed by atoms with Crippen molar-refractivity contribution in [2.24, 2.45) is 0 Å². The molecule has 2 aromatic carbocycles. The summed E-state index contributed by atoms with van der Waals surface area (Å²) in [6.45, 7) is 6.65. The largest absolute Gasteiger partial charge is 0.447 e. The molecule has 0 saturated carbocycles. The smallest absolute Gasteiger partial charge is 0.410 e. The van der Waals surface area contributed by atoms with Gasteiger partial charge in [-0.1, -0.05) is 54.1 Å². The molecule has 46 heavy (non-hydrogen) atoms. The van der Waals surface area contributed by atoms with Gasteiger partial charge in [0, 0.05) is 62.9 Å². The number of pyridine rings is 1. The molecule has 3 heterocycles. The van der Waals surface area contributed by atoms with Crippen LogP contribution in [0.4, 0.5) is 4.79 Å². The number of ether oxygens (including phenoxy) is 1. The van der Waals surface area contributed by atoms with Crippen LogP contribution in [-0.4, -0.2) is 79.6 Å². The normalized spacial score (nSPS) is 18.0. The molecule has 0 radical (unpaired) electrons. The number of imidazole rings is 1. The highest BCUT2D eigenvalue weighted by Gasteiger charge is 2.42. The van der Waals surface area contributed by atoms with E-state index in [0.29, 0.717) is 37.7 Å². The lowest BCUT2D eigenvalue weighted by Crippen LogP contribution is -2.62. The van der Waals surface area contributed by atoms with Crippen molar-refractivity contribution in [3.8, 4) is 0 Å². The molecule has 2 amide bonds. The summed E-state index contributed by atoms with van der Waals surface area (Å²) in [6, 6.07) is 19.3. The van der Waals surface area contributed by atoms with Crippen molar-refractivity contribution in [2.45, 2.75) is 64.4 Å². The summed E-state index contributed by atoms with van der Waals surface area (Å²) in [5, 5.41) is 0.706. The van der Waals surface area contributed by atoms with Crippen molar-refractivity contribution in [3.05, 3.63) is 119 Å². The second kappa shape index (κ2) is 14.5. The fourth-order valence-electron chi connectivity index (χ4n) is 6.63. The predicted molar refractivity (Wildman–Crippen MR) is 177 cm³/mol. The molecule has 2 aromatic heterocycles. The maximum Gasteiger partial charge on any atom is 0.410 e. The minimum atomic E-state index is -0.733. The minimum absolute atomic E-state index is 0.0916. The van der Waals surface area contributed by atoms with E-state index < -0.39 is 12.1 Å². The van der Waals surface area contributed by atoms with Gasteiger partial charge in [0.1, 0.15) is 6.04 Å². The second-order valence-electron chi connectivity index (χ2n) is 12.3. The van der Waals surface area contributed by atoms with E-state index in [-0.39, 0.29) is 18.1 Å². The van der Waals surface area contributed by atoms with E-state index in [1.54, 1.807) is 17.4 Å². The Bertz CT molecular complexity index is 1630. The highest BCUT2D eigenvalue weighted by Crippen LogP contribution is 2.38. The van der Waals surface area contributed by atoms with Gasteiger partial charge in [0.25, 0.3) is 0 Å². The van der Waals surface area contributed by atoms with Crippen LogP contribution < -0.4 is 0 Å². The molecule has 0 spiro atoms. The van der Waals surface area contributed by atoms with Gasteiger partial charge in [-0.3, -0.25) is 19.6 Å². The molecule has 4 aromatic rings. The number of aryl methyl sites for hydroxylation is 3. The van der Waals surface area contributed by atoms with Crippen LogP contribution in [0.2, 0.25) is 5.02 Å². The minimum Gasteiger partial charge on any atom is -0.447 e. The van der Waals surface area contributed by atoms with E-state index in [4.69, 9.17) is 21.3 Å². The van der Waals surface area contributed by atoms with Crippen LogP contribution >= 0.6 is 11.6 Å². The number of piperazine rings is 1. The molecular formula is C36H41ClN6O3. The molecule has 9 nitrogen and oxygen atoms in total. The van der Waals surface area contributed by atoms with Crippen LogP contribution in [0.15, 0.2) is 85.6 Å². The van der Waals surface area contributed by atoms with Gasteiger partial charge in [-0.15, -0.1) is 0 Å². The monoisotopic (exact) mass is 640 g/mol. The summed E-state index contributed by atoms with van der Waals surface area (Å²) in [4.78, 5) is 43.1. The summed E-state index contributed by atoms with van der Waals surface area (Å²) >= 11 is 6.47. The van der Waals surface area contributed by atoms with Crippen molar-refractivity contribution in [3.63, 3.8) is 0 Å². The summed E-state index contributed by atoms with van der Waals surface area (Å²) in [7, 11) is 0. The topological polar surface area (TPSA) is 83.8 Å². The highest BCUT2D eigenvalue weighted by molar-refractivity contribution is 6.30. The average Bonchev–Trinajstić information content (AvgIpc) is 3.52. The van der Waals surface area contributed by atoms with Crippen molar-refractivity contribution in [2.75, 3.05) is 26.2 Å². The van der Waals surface area contributed by atoms with Gasteiger partial charge in [-0.2, -0.15) is 0 Å². The number of hydrogen-bond acceptors (Lipinski definition) is 6. The van der Waals surface area contributed by atoms with Gasteiger partial charge in [-0.05, 0) is 73.6 Å². The van der Waals surface area contributed by atoms with Crippen LogP contribution in [0.1, 0.15) is 54.3 Å². The summed E-state index contributed by atoms with van der Waals surface area (Å²) < 4.78 is 7.70. The summed E-state index contributed by atoms with van der Waals surface area (Å²) in [5.41, 5.74) is 5.55. The van der Waals surface area contributed by atoms with E-state index in [1.165, 1.54) is 11.1 Å². The lowest BCUT2D eigenvalue weighted by atomic mass is 9.95. The molecule has 1 saturated heterocycles. The number of fused-ring (bicyclic) bond motifs is 2. The lowest BCUT2D eigenvalue weighted by Gasteiger charge is -2.44. The van der Waals surface area contributed by atoms with E-state index in [0.717, 1.165) is 42.6 Å². The Hall–Kier alpha value is -4.21. The maximum absolute atomic E-state index is 14.7. The van der Waals surface area contributed by atoms with E-state index in [9.17, 15) is 9.59 Å². The van der Waals surface area contributed by atoms with Crippen LogP contribution in [0.25, 0.3) is 0 Å².